The van der Waals surface area contributed by atoms with Crippen LogP contribution in [0.4, 0.5) is 5.13 Å². The number of hydrogen-bond acceptors (Lipinski definition) is 6. The summed E-state index contributed by atoms with van der Waals surface area (Å²) in [5, 5.41) is 18.0. The number of hydrogen-bond donors (Lipinski definition) is 2. The fourth-order valence-electron chi connectivity index (χ4n) is 2.27. The number of aromatic nitrogens is 3. The molecule has 0 saturated carbocycles. The highest BCUT2D eigenvalue weighted by Gasteiger charge is 2.10. The zero-order valence-electron chi connectivity index (χ0n) is 12.8. The van der Waals surface area contributed by atoms with Gasteiger partial charge >= 0.3 is 0 Å². The number of fused-ring (bicyclic) bond motifs is 1. The van der Waals surface area contributed by atoms with E-state index in [-0.39, 0.29) is 5.56 Å². The Morgan fingerprint density at radius 3 is 2.87 bits per heavy atom. The number of nitrogens with zero attached hydrogens (tertiary/aromatic N) is 3. The van der Waals surface area contributed by atoms with Crippen LogP contribution in [0.25, 0.3) is 4.96 Å². The molecule has 0 aliphatic carbocycles. The number of rotatable bonds is 6. The molecule has 0 saturated heterocycles. The first-order valence-electron chi connectivity index (χ1n) is 7.51. The summed E-state index contributed by atoms with van der Waals surface area (Å²) in [4.78, 5) is 16.9. The molecule has 6 nitrogen and oxygen atoms in total. The molecule has 2 N–H and O–H groups in total. The van der Waals surface area contributed by atoms with Crippen molar-refractivity contribution in [3.63, 3.8) is 0 Å². The molecule has 2 heterocycles. The van der Waals surface area contributed by atoms with Gasteiger partial charge in [-0.15, -0.1) is 5.10 Å². The molecule has 3 rings (SSSR count). The van der Waals surface area contributed by atoms with Gasteiger partial charge in [0.25, 0.3) is 5.56 Å². The summed E-state index contributed by atoms with van der Waals surface area (Å²) in [7, 11) is 0. The molecule has 1 atom stereocenters. The van der Waals surface area contributed by atoms with Gasteiger partial charge in [0.05, 0.1) is 6.10 Å². The van der Waals surface area contributed by atoms with E-state index in [1.54, 1.807) is 0 Å². The third kappa shape index (κ3) is 3.75. The van der Waals surface area contributed by atoms with Crippen LogP contribution < -0.4 is 10.9 Å². The second-order valence-corrected chi connectivity index (χ2v) is 6.22. The van der Waals surface area contributed by atoms with Gasteiger partial charge in [0, 0.05) is 24.7 Å². The van der Waals surface area contributed by atoms with Crippen molar-refractivity contribution in [1.29, 1.82) is 0 Å². The van der Waals surface area contributed by atoms with E-state index < -0.39 is 6.10 Å². The van der Waals surface area contributed by atoms with E-state index in [4.69, 9.17) is 0 Å². The van der Waals surface area contributed by atoms with Crippen molar-refractivity contribution >= 4 is 21.4 Å². The van der Waals surface area contributed by atoms with Gasteiger partial charge < -0.3 is 10.4 Å². The minimum atomic E-state index is -0.528. The van der Waals surface area contributed by atoms with Gasteiger partial charge in [-0.1, -0.05) is 48.6 Å². The Bertz CT molecular complexity index is 844. The van der Waals surface area contributed by atoms with Gasteiger partial charge in [0.2, 0.25) is 10.1 Å². The zero-order chi connectivity index (χ0) is 16.2. The third-order valence-electron chi connectivity index (χ3n) is 3.46. The molecule has 120 valence electrons. The van der Waals surface area contributed by atoms with Gasteiger partial charge in [-0.05, 0) is 12.0 Å². The molecule has 0 amide bonds. The molecule has 0 spiro atoms. The van der Waals surface area contributed by atoms with Gasteiger partial charge in [-0.3, -0.25) is 4.79 Å². The second-order valence-electron chi connectivity index (χ2n) is 5.27. The van der Waals surface area contributed by atoms with E-state index >= 15 is 0 Å². The van der Waals surface area contributed by atoms with E-state index in [2.05, 4.69) is 15.4 Å². The summed E-state index contributed by atoms with van der Waals surface area (Å²) >= 11 is 1.31. The Morgan fingerprint density at radius 1 is 1.35 bits per heavy atom. The summed E-state index contributed by atoms with van der Waals surface area (Å²) < 4.78 is 1.29. The number of nitrogens with one attached hydrogen (secondary N) is 1. The molecular formula is C16H18N4O2S. The SMILES string of the molecule is CCc1cc(=O)n2nc(NCC(O)Cc3ccccc3)sc2n1. The molecule has 0 bridgehead atoms. The predicted octanol–water partition coefficient (Wildman–Crippen LogP) is 1.73. The van der Waals surface area contributed by atoms with Crippen LogP contribution in [0.2, 0.25) is 0 Å². The lowest BCUT2D eigenvalue weighted by Crippen LogP contribution is -2.22. The Labute approximate surface area is 137 Å². The first-order chi connectivity index (χ1) is 11.2. The number of anilines is 1. The fraction of sp³-hybridized carbons (Fsp3) is 0.312. The smallest absolute Gasteiger partial charge is 0.275 e. The molecule has 0 aliphatic heterocycles. The number of aryl methyl sites for hydroxylation is 1. The molecule has 3 aromatic rings. The van der Waals surface area contributed by atoms with Crippen molar-refractivity contribution in [1.82, 2.24) is 14.6 Å². The quantitative estimate of drug-likeness (QED) is 0.719. The molecule has 23 heavy (non-hydrogen) atoms. The number of aliphatic hydroxyl groups excluding tert-OH is 1. The molecule has 0 aliphatic rings. The molecule has 7 heteroatoms. The van der Waals surface area contributed by atoms with Crippen LogP contribution >= 0.6 is 11.3 Å². The van der Waals surface area contributed by atoms with Crippen LogP contribution in [0.5, 0.6) is 0 Å². The minimum Gasteiger partial charge on any atom is -0.391 e. The van der Waals surface area contributed by atoms with E-state index in [1.165, 1.54) is 21.9 Å². The monoisotopic (exact) mass is 330 g/mol. The topological polar surface area (TPSA) is 79.5 Å². The highest BCUT2D eigenvalue weighted by atomic mass is 32.1. The minimum absolute atomic E-state index is 0.180. The van der Waals surface area contributed by atoms with E-state index in [9.17, 15) is 9.90 Å². The number of aliphatic hydroxyl groups is 1. The lowest BCUT2D eigenvalue weighted by atomic mass is 10.1. The van der Waals surface area contributed by atoms with Crippen LogP contribution in [0.1, 0.15) is 18.2 Å². The Balaban J connectivity index is 1.67. The lowest BCUT2D eigenvalue weighted by molar-refractivity contribution is 0.188. The number of benzene rings is 1. The first-order valence-corrected chi connectivity index (χ1v) is 8.33. The highest BCUT2D eigenvalue weighted by Crippen LogP contribution is 2.17. The molecule has 1 unspecified atom stereocenters. The van der Waals surface area contributed by atoms with Crippen LogP contribution in [-0.4, -0.2) is 32.4 Å². The van der Waals surface area contributed by atoms with Crippen molar-refractivity contribution < 1.29 is 5.11 Å². The van der Waals surface area contributed by atoms with Gasteiger partial charge in [0.1, 0.15) is 0 Å². The van der Waals surface area contributed by atoms with E-state index in [0.717, 1.165) is 11.3 Å². The maximum absolute atomic E-state index is 11.9. The Morgan fingerprint density at radius 2 is 2.13 bits per heavy atom. The summed E-state index contributed by atoms with van der Waals surface area (Å²) in [6.07, 6.45) is 0.749. The van der Waals surface area contributed by atoms with Crippen LogP contribution in [0, 0.1) is 0 Å². The van der Waals surface area contributed by atoms with Crippen molar-refractivity contribution in [3.05, 3.63) is 58.0 Å². The normalized spacial score (nSPS) is 12.4. The van der Waals surface area contributed by atoms with E-state index in [1.807, 2.05) is 37.3 Å². The third-order valence-corrected chi connectivity index (χ3v) is 4.33. The summed E-state index contributed by atoms with van der Waals surface area (Å²) in [6, 6.07) is 11.3. The molecular weight excluding hydrogens is 312 g/mol. The average Bonchev–Trinajstić information content (AvgIpc) is 2.97. The van der Waals surface area contributed by atoms with Crippen molar-refractivity contribution in [2.24, 2.45) is 0 Å². The van der Waals surface area contributed by atoms with Crippen LogP contribution in [0.15, 0.2) is 41.2 Å². The van der Waals surface area contributed by atoms with Crippen LogP contribution in [0.3, 0.4) is 0 Å². The van der Waals surface area contributed by atoms with Crippen LogP contribution in [-0.2, 0) is 12.8 Å². The van der Waals surface area contributed by atoms with Gasteiger partial charge in [-0.25, -0.2) is 4.98 Å². The summed E-state index contributed by atoms with van der Waals surface area (Å²) in [6.45, 7) is 2.32. The van der Waals surface area contributed by atoms with Gasteiger partial charge in [0.15, 0.2) is 0 Å². The first kappa shape index (κ1) is 15.6. The Kier molecular flexibility index (Phi) is 4.68. The van der Waals surface area contributed by atoms with E-state index in [0.29, 0.717) is 29.5 Å². The van der Waals surface area contributed by atoms with Crippen molar-refractivity contribution in [2.45, 2.75) is 25.9 Å². The molecule has 0 fully saturated rings. The van der Waals surface area contributed by atoms with Gasteiger partial charge in [-0.2, -0.15) is 4.52 Å². The summed E-state index contributed by atoms with van der Waals surface area (Å²) in [5.41, 5.74) is 1.66. The molecule has 0 radical (unpaired) electrons. The maximum Gasteiger partial charge on any atom is 0.275 e. The van der Waals surface area contributed by atoms with Crippen molar-refractivity contribution in [2.75, 3.05) is 11.9 Å². The standard InChI is InChI=1S/C16H18N4O2S/c1-2-12-9-14(22)20-16(18-12)23-15(19-20)17-10-13(21)8-11-6-4-3-5-7-11/h3-7,9,13,21H,2,8,10H2,1H3,(H,17,19). The molecule has 2 aromatic heterocycles. The predicted molar refractivity (Wildman–Crippen MR) is 91.2 cm³/mol. The fourth-order valence-corrected chi connectivity index (χ4v) is 3.10. The zero-order valence-corrected chi connectivity index (χ0v) is 13.6. The average molecular weight is 330 g/mol. The largest absolute Gasteiger partial charge is 0.391 e. The molecule has 1 aromatic carbocycles. The lowest BCUT2D eigenvalue weighted by Gasteiger charge is -2.10. The van der Waals surface area contributed by atoms with Crippen molar-refractivity contribution in [3.8, 4) is 0 Å². The Hall–Kier alpha value is -2.25. The maximum atomic E-state index is 11.9. The highest BCUT2D eigenvalue weighted by molar-refractivity contribution is 7.20. The second kappa shape index (κ2) is 6.89. The summed E-state index contributed by atoms with van der Waals surface area (Å²) in [5.74, 6) is 0.